The molecule has 0 unspecified atom stereocenters. The highest BCUT2D eigenvalue weighted by Crippen LogP contribution is 2.26. The van der Waals surface area contributed by atoms with Crippen LogP contribution in [-0.4, -0.2) is 23.5 Å². The number of hydrogen-bond donors (Lipinski definition) is 0. The molecule has 0 N–H and O–H groups in total. The van der Waals surface area contributed by atoms with E-state index < -0.39 is 6.10 Å². The SMILES string of the molecule is CC[C@@H](Oc1ccc(C(C)(C)C)cc1)C(=O)N1CCc2ccccc2C1. The molecular weight excluding hydrogens is 322 g/mol. The highest BCUT2D eigenvalue weighted by atomic mass is 16.5. The Kier molecular flexibility index (Phi) is 5.36. The molecular formula is C23H29NO2. The van der Waals surface area contributed by atoms with Gasteiger partial charge >= 0.3 is 0 Å². The molecule has 0 spiro atoms. The van der Waals surface area contributed by atoms with Crippen LogP contribution < -0.4 is 4.74 Å². The minimum atomic E-state index is -0.430. The average Bonchev–Trinajstić information content (AvgIpc) is 2.65. The summed E-state index contributed by atoms with van der Waals surface area (Å²) < 4.78 is 6.04. The van der Waals surface area contributed by atoms with Crippen LogP contribution in [0.5, 0.6) is 5.75 Å². The van der Waals surface area contributed by atoms with Crippen LogP contribution in [0.2, 0.25) is 0 Å². The molecule has 1 amide bonds. The molecule has 0 saturated carbocycles. The van der Waals surface area contributed by atoms with Crippen molar-refractivity contribution in [1.82, 2.24) is 4.90 Å². The molecule has 0 bridgehead atoms. The van der Waals surface area contributed by atoms with Gasteiger partial charge in [-0.2, -0.15) is 0 Å². The molecule has 3 rings (SSSR count). The minimum Gasteiger partial charge on any atom is -0.481 e. The fourth-order valence-corrected chi connectivity index (χ4v) is 3.39. The van der Waals surface area contributed by atoms with Gasteiger partial charge in [-0.1, -0.05) is 64.1 Å². The molecule has 3 nitrogen and oxygen atoms in total. The third kappa shape index (κ3) is 4.09. The third-order valence-corrected chi connectivity index (χ3v) is 5.09. The second kappa shape index (κ2) is 7.53. The number of hydrogen-bond acceptors (Lipinski definition) is 2. The highest BCUT2D eigenvalue weighted by Gasteiger charge is 2.27. The first-order valence-corrected chi connectivity index (χ1v) is 9.51. The number of carbonyl (C=O) groups excluding carboxylic acids is 1. The smallest absolute Gasteiger partial charge is 0.263 e. The van der Waals surface area contributed by atoms with Gasteiger partial charge in [-0.15, -0.1) is 0 Å². The van der Waals surface area contributed by atoms with Gasteiger partial charge in [-0.3, -0.25) is 4.79 Å². The van der Waals surface area contributed by atoms with Crippen LogP contribution in [0.4, 0.5) is 0 Å². The van der Waals surface area contributed by atoms with Crippen LogP contribution in [0.25, 0.3) is 0 Å². The summed E-state index contributed by atoms with van der Waals surface area (Å²) in [6.45, 7) is 10.0. The van der Waals surface area contributed by atoms with Crippen molar-refractivity contribution >= 4 is 5.91 Å². The molecule has 2 aromatic rings. The molecule has 3 heteroatoms. The molecule has 138 valence electrons. The van der Waals surface area contributed by atoms with Crippen molar-refractivity contribution in [3.05, 3.63) is 65.2 Å². The van der Waals surface area contributed by atoms with Crippen molar-refractivity contribution in [2.75, 3.05) is 6.54 Å². The lowest BCUT2D eigenvalue weighted by atomic mass is 9.87. The monoisotopic (exact) mass is 351 g/mol. The summed E-state index contributed by atoms with van der Waals surface area (Å²) in [6.07, 6.45) is 1.15. The summed E-state index contributed by atoms with van der Waals surface area (Å²) in [7, 11) is 0. The second-order valence-electron chi connectivity index (χ2n) is 8.07. The van der Waals surface area contributed by atoms with Gasteiger partial charge in [0.25, 0.3) is 5.91 Å². The zero-order valence-electron chi connectivity index (χ0n) is 16.3. The summed E-state index contributed by atoms with van der Waals surface area (Å²) >= 11 is 0. The molecule has 2 aromatic carbocycles. The van der Waals surface area contributed by atoms with Gasteiger partial charge in [-0.25, -0.2) is 0 Å². The molecule has 1 aliphatic rings. The summed E-state index contributed by atoms with van der Waals surface area (Å²) in [5, 5.41) is 0. The Bertz CT molecular complexity index is 759. The van der Waals surface area contributed by atoms with Gasteiger partial charge in [0.2, 0.25) is 0 Å². The van der Waals surface area contributed by atoms with Crippen molar-refractivity contribution in [3.63, 3.8) is 0 Å². The quantitative estimate of drug-likeness (QED) is 0.797. The molecule has 0 aromatic heterocycles. The summed E-state index contributed by atoms with van der Waals surface area (Å²) in [6, 6.07) is 16.5. The van der Waals surface area contributed by atoms with Crippen LogP contribution in [0.3, 0.4) is 0 Å². The number of carbonyl (C=O) groups is 1. The molecule has 1 aliphatic heterocycles. The van der Waals surface area contributed by atoms with Crippen molar-refractivity contribution in [1.29, 1.82) is 0 Å². The van der Waals surface area contributed by atoms with Crippen LogP contribution in [0, 0.1) is 0 Å². The van der Waals surface area contributed by atoms with E-state index in [0.717, 1.165) is 18.7 Å². The van der Waals surface area contributed by atoms with E-state index in [2.05, 4.69) is 51.1 Å². The van der Waals surface area contributed by atoms with Crippen molar-refractivity contribution < 1.29 is 9.53 Å². The standard InChI is InChI=1S/C23H29NO2/c1-5-21(26-20-12-10-19(11-13-20)23(2,3)4)22(25)24-15-14-17-8-6-7-9-18(17)16-24/h6-13,21H,5,14-16H2,1-4H3/t21-/m1/s1. The molecule has 26 heavy (non-hydrogen) atoms. The van der Waals surface area contributed by atoms with E-state index in [1.165, 1.54) is 16.7 Å². The topological polar surface area (TPSA) is 29.5 Å². The third-order valence-electron chi connectivity index (χ3n) is 5.09. The molecule has 1 heterocycles. The Hall–Kier alpha value is -2.29. The van der Waals surface area contributed by atoms with Gasteiger partial charge in [0.05, 0.1) is 0 Å². The Morgan fingerprint density at radius 1 is 1.08 bits per heavy atom. The van der Waals surface area contributed by atoms with E-state index >= 15 is 0 Å². The Morgan fingerprint density at radius 2 is 1.73 bits per heavy atom. The normalized spacial score (nSPS) is 15.3. The molecule has 0 aliphatic carbocycles. The first-order valence-electron chi connectivity index (χ1n) is 9.51. The molecule has 0 saturated heterocycles. The van der Waals surface area contributed by atoms with Gasteiger partial charge in [0.1, 0.15) is 5.75 Å². The fourth-order valence-electron chi connectivity index (χ4n) is 3.39. The number of rotatable bonds is 4. The maximum atomic E-state index is 13.0. The molecule has 1 atom stereocenters. The first-order chi connectivity index (χ1) is 12.4. The van der Waals surface area contributed by atoms with E-state index in [1.807, 2.05) is 30.0 Å². The Morgan fingerprint density at radius 3 is 2.35 bits per heavy atom. The van der Waals surface area contributed by atoms with Crippen LogP contribution >= 0.6 is 0 Å². The van der Waals surface area contributed by atoms with E-state index in [0.29, 0.717) is 13.0 Å². The average molecular weight is 351 g/mol. The minimum absolute atomic E-state index is 0.0851. The van der Waals surface area contributed by atoms with E-state index in [1.54, 1.807) is 0 Å². The van der Waals surface area contributed by atoms with Crippen LogP contribution in [0.15, 0.2) is 48.5 Å². The Labute approximate surface area is 157 Å². The lowest BCUT2D eigenvalue weighted by molar-refractivity contribution is -0.139. The number of nitrogens with zero attached hydrogens (tertiary/aromatic N) is 1. The maximum absolute atomic E-state index is 13.0. The Balaban J connectivity index is 1.68. The van der Waals surface area contributed by atoms with Crippen molar-refractivity contribution in [2.45, 2.75) is 58.6 Å². The molecule has 0 radical (unpaired) electrons. The van der Waals surface area contributed by atoms with E-state index in [9.17, 15) is 4.79 Å². The number of amides is 1. The van der Waals surface area contributed by atoms with E-state index in [4.69, 9.17) is 4.74 Å². The zero-order valence-corrected chi connectivity index (χ0v) is 16.3. The lowest BCUT2D eigenvalue weighted by Gasteiger charge is -2.31. The molecule has 0 fully saturated rings. The summed E-state index contributed by atoms with van der Waals surface area (Å²) in [5.74, 6) is 0.845. The number of ether oxygens (including phenoxy) is 1. The second-order valence-corrected chi connectivity index (χ2v) is 8.07. The maximum Gasteiger partial charge on any atom is 0.263 e. The van der Waals surface area contributed by atoms with Gasteiger partial charge in [0.15, 0.2) is 6.10 Å². The summed E-state index contributed by atoms with van der Waals surface area (Å²) in [4.78, 5) is 14.9. The predicted octanol–water partition coefficient (Wildman–Crippen LogP) is 4.73. The van der Waals surface area contributed by atoms with Crippen LogP contribution in [-0.2, 0) is 23.2 Å². The fraction of sp³-hybridized carbons (Fsp3) is 0.435. The highest BCUT2D eigenvalue weighted by molar-refractivity contribution is 5.81. The van der Waals surface area contributed by atoms with Gasteiger partial charge in [0, 0.05) is 13.1 Å². The summed E-state index contributed by atoms with van der Waals surface area (Å²) in [5.41, 5.74) is 3.97. The lowest BCUT2D eigenvalue weighted by Crippen LogP contribution is -2.44. The predicted molar refractivity (Wildman–Crippen MR) is 105 cm³/mol. The number of benzene rings is 2. The van der Waals surface area contributed by atoms with Crippen molar-refractivity contribution in [2.24, 2.45) is 0 Å². The number of fused-ring (bicyclic) bond motifs is 1. The largest absolute Gasteiger partial charge is 0.481 e. The van der Waals surface area contributed by atoms with Gasteiger partial charge < -0.3 is 9.64 Å². The zero-order chi connectivity index (χ0) is 18.7. The first kappa shape index (κ1) is 18.5. The van der Waals surface area contributed by atoms with Gasteiger partial charge in [-0.05, 0) is 47.1 Å². The van der Waals surface area contributed by atoms with E-state index in [-0.39, 0.29) is 11.3 Å². The van der Waals surface area contributed by atoms with Crippen LogP contribution in [0.1, 0.15) is 50.8 Å². The van der Waals surface area contributed by atoms with Crippen molar-refractivity contribution in [3.8, 4) is 5.75 Å².